The van der Waals surface area contributed by atoms with E-state index in [0.29, 0.717) is 16.3 Å². The van der Waals surface area contributed by atoms with Crippen LogP contribution >= 0.6 is 11.6 Å². The van der Waals surface area contributed by atoms with Crippen LogP contribution in [-0.4, -0.2) is 22.6 Å². The number of anilines is 1. The molecule has 6 nitrogen and oxygen atoms in total. The molecule has 1 aromatic carbocycles. The first-order valence-electron chi connectivity index (χ1n) is 6.64. The van der Waals surface area contributed by atoms with Gasteiger partial charge in [0.1, 0.15) is 5.76 Å². The smallest absolute Gasteiger partial charge is 0.339 e. The zero-order valence-corrected chi connectivity index (χ0v) is 12.7. The molecule has 114 valence electrons. The molecule has 0 saturated carbocycles. The lowest BCUT2D eigenvalue weighted by molar-refractivity contribution is -0.134. The highest BCUT2D eigenvalue weighted by atomic mass is 35.5. The minimum absolute atomic E-state index is 0.258. The lowest BCUT2D eigenvalue weighted by atomic mass is 9.89. The molecule has 0 unspecified atom stereocenters. The van der Waals surface area contributed by atoms with Crippen molar-refractivity contribution in [1.29, 1.82) is 0 Å². The van der Waals surface area contributed by atoms with Crippen LogP contribution in [-0.2, 0) is 16.0 Å². The number of nitrogens with zero attached hydrogens (tertiary/aromatic N) is 1. The molecule has 0 radical (unpaired) electrons. The van der Waals surface area contributed by atoms with Gasteiger partial charge in [-0.25, -0.2) is 4.79 Å². The van der Waals surface area contributed by atoms with E-state index < -0.39 is 17.5 Å². The summed E-state index contributed by atoms with van der Waals surface area (Å²) in [7, 11) is 0. The zero-order chi connectivity index (χ0) is 15.9. The third kappa shape index (κ3) is 2.57. The Morgan fingerprint density at radius 3 is 2.86 bits per heavy atom. The van der Waals surface area contributed by atoms with E-state index in [1.807, 2.05) is 0 Å². The average molecular weight is 321 g/mol. The molecule has 2 heterocycles. The molecule has 3 rings (SSSR count). The maximum Gasteiger partial charge on any atom is 0.339 e. The summed E-state index contributed by atoms with van der Waals surface area (Å²) in [5.41, 5.74) is -0.213. The second kappa shape index (κ2) is 5.14. The fraction of sp³-hybridized carbons (Fsp3) is 0.267. The number of aryl methyl sites for hydroxylation is 1. The number of carbonyl (C=O) groups is 2. The number of halogens is 1. The number of carbonyl (C=O) groups excluding carboxylic acids is 2. The SMILES string of the molecule is Cc1cc(NC(=O)[C@@]2(C)Cc3ccc(Cl)cc3C(=O)O2)no1. The van der Waals surface area contributed by atoms with Crippen molar-refractivity contribution in [3.8, 4) is 0 Å². The van der Waals surface area contributed by atoms with Crippen molar-refractivity contribution >= 4 is 29.3 Å². The van der Waals surface area contributed by atoms with E-state index >= 15 is 0 Å². The van der Waals surface area contributed by atoms with Gasteiger partial charge < -0.3 is 14.6 Å². The van der Waals surface area contributed by atoms with Gasteiger partial charge in [0.2, 0.25) is 0 Å². The normalized spacial score (nSPS) is 20.2. The summed E-state index contributed by atoms with van der Waals surface area (Å²) < 4.78 is 10.2. The van der Waals surface area contributed by atoms with E-state index in [4.69, 9.17) is 20.9 Å². The fourth-order valence-electron chi connectivity index (χ4n) is 2.35. The number of amides is 1. The highest BCUT2D eigenvalue weighted by molar-refractivity contribution is 6.31. The molecule has 7 heteroatoms. The van der Waals surface area contributed by atoms with Crippen molar-refractivity contribution < 1.29 is 18.8 Å². The Bertz CT molecular complexity index is 771. The van der Waals surface area contributed by atoms with Gasteiger partial charge in [0, 0.05) is 17.5 Å². The lowest BCUT2D eigenvalue weighted by Crippen LogP contribution is -2.49. The van der Waals surface area contributed by atoms with Gasteiger partial charge in [-0.15, -0.1) is 0 Å². The molecule has 22 heavy (non-hydrogen) atoms. The van der Waals surface area contributed by atoms with Crippen molar-refractivity contribution in [3.05, 3.63) is 46.2 Å². The molecular weight excluding hydrogens is 308 g/mol. The Balaban J connectivity index is 1.86. The van der Waals surface area contributed by atoms with Crippen LogP contribution < -0.4 is 5.32 Å². The molecule has 1 atom stereocenters. The first-order chi connectivity index (χ1) is 10.4. The molecule has 1 aliphatic rings. The van der Waals surface area contributed by atoms with Crippen LogP contribution in [0.2, 0.25) is 5.02 Å². The maximum absolute atomic E-state index is 12.4. The van der Waals surface area contributed by atoms with Gasteiger partial charge in [0.05, 0.1) is 5.56 Å². The van der Waals surface area contributed by atoms with Gasteiger partial charge in [0.15, 0.2) is 11.4 Å². The Kier molecular flexibility index (Phi) is 3.41. The quantitative estimate of drug-likeness (QED) is 0.860. The molecule has 0 spiro atoms. The summed E-state index contributed by atoms with van der Waals surface area (Å²) in [6, 6.07) is 6.53. The molecule has 1 N–H and O–H groups in total. The first-order valence-corrected chi connectivity index (χ1v) is 7.02. The van der Waals surface area contributed by atoms with Crippen LogP contribution in [0.25, 0.3) is 0 Å². The molecule has 1 aromatic heterocycles. The van der Waals surface area contributed by atoms with E-state index in [9.17, 15) is 9.59 Å². The second-order valence-electron chi connectivity index (χ2n) is 5.38. The van der Waals surface area contributed by atoms with E-state index in [1.165, 1.54) is 6.07 Å². The van der Waals surface area contributed by atoms with E-state index in [0.717, 1.165) is 5.56 Å². The van der Waals surface area contributed by atoms with Crippen molar-refractivity contribution in [2.75, 3.05) is 5.32 Å². The number of hydrogen-bond donors (Lipinski definition) is 1. The monoisotopic (exact) mass is 320 g/mol. The number of ether oxygens (including phenoxy) is 1. The molecule has 0 bridgehead atoms. The van der Waals surface area contributed by atoms with Crippen LogP contribution in [0.3, 0.4) is 0 Å². The van der Waals surface area contributed by atoms with Gasteiger partial charge >= 0.3 is 5.97 Å². The molecular formula is C15H13ClN2O4. The van der Waals surface area contributed by atoms with Crippen molar-refractivity contribution in [3.63, 3.8) is 0 Å². The van der Waals surface area contributed by atoms with Crippen molar-refractivity contribution in [2.45, 2.75) is 25.9 Å². The van der Waals surface area contributed by atoms with Gasteiger partial charge in [-0.1, -0.05) is 22.8 Å². The number of cyclic esters (lactones) is 1. The van der Waals surface area contributed by atoms with Crippen LogP contribution in [0.4, 0.5) is 5.82 Å². The van der Waals surface area contributed by atoms with Crippen molar-refractivity contribution in [2.24, 2.45) is 0 Å². The van der Waals surface area contributed by atoms with Gasteiger partial charge in [-0.3, -0.25) is 4.79 Å². The first kappa shape index (κ1) is 14.6. The third-order valence-electron chi connectivity index (χ3n) is 3.49. The number of esters is 1. The highest BCUT2D eigenvalue weighted by Crippen LogP contribution is 2.30. The third-order valence-corrected chi connectivity index (χ3v) is 3.72. The Labute approximate surface area is 131 Å². The summed E-state index contributed by atoms with van der Waals surface area (Å²) in [6.45, 7) is 3.27. The summed E-state index contributed by atoms with van der Waals surface area (Å²) in [4.78, 5) is 24.5. The van der Waals surface area contributed by atoms with Crippen molar-refractivity contribution in [1.82, 2.24) is 5.16 Å². The van der Waals surface area contributed by atoms with Crippen LogP contribution in [0.5, 0.6) is 0 Å². The topological polar surface area (TPSA) is 81.4 Å². The highest BCUT2D eigenvalue weighted by Gasteiger charge is 2.43. The molecule has 0 fully saturated rings. The Hall–Kier alpha value is -2.34. The van der Waals surface area contributed by atoms with Gasteiger partial charge in [-0.2, -0.15) is 0 Å². The number of benzene rings is 1. The van der Waals surface area contributed by atoms with Crippen LogP contribution in [0.15, 0.2) is 28.8 Å². The Morgan fingerprint density at radius 2 is 2.18 bits per heavy atom. The summed E-state index contributed by atoms with van der Waals surface area (Å²) in [6.07, 6.45) is 0.258. The van der Waals surface area contributed by atoms with E-state index in [2.05, 4.69) is 10.5 Å². The summed E-state index contributed by atoms with van der Waals surface area (Å²) in [5, 5.41) is 6.73. The average Bonchev–Trinajstić information content (AvgIpc) is 2.85. The molecule has 2 aromatic rings. The summed E-state index contributed by atoms with van der Waals surface area (Å²) in [5.74, 6) is -0.185. The molecule has 0 saturated heterocycles. The number of rotatable bonds is 2. The zero-order valence-electron chi connectivity index (χ0n) is 12.0. The largest absolute Gasteiger partial charge is 0.445 e. The number of hydrogen-bond acceptors (Lipinski definition) is 5. The van der Waals surface area contributed by atoms with Crippen LogP contribution in [0, 0.1) is 6.92 Å². The molecule has 1 amide bonds. The Morgan fingerprint density at radius 1 is 1.41 bits per heavy atom. The molecule has 1 aliphatic heterocycles. The second-order valence-corrected chi connectivity index (χ2v) is 5.81. The van der Waals surface area contributed by atoms with E-state index in [-0.39, 0.29) is 12.2 Å². The predicted molar refractivity (Wildman–Crippen MR) is 78.8 cm³/mol. The van der Waals surface area contributed by atoms with E-state index in [1.54, 1.807) is 32.0 Å². The standard InChI is InChI=1S/C15H13ClN2O4/c1-8-5-12(18-22-8)17-14(20)15(2)7-9-3-4-10(16)6-11(9)13(19)21-15/h3-6H,7H2,1-2H3,(H,17,18,20)/t15-/m1/s1. The lowest BCUT2D eigenvalue weighted by Gasteiger charge is -2.32. The van der Waals surface area contributed by atoms with Gasteiger partial charge in [-0.05, 0) is 31.5 Å². The number of fused-ring (bicyclic) bond motifs is 1. The minimum atomic E-state index is -1.31. The molecule has 0 aliphatic carbocycles. The number of aromatic nitrogens is 1. The van der Waals surface area contributed by atoms with Crippen LogP contribution in [0.1, 0.15) is 28.6 Å². The summed E-state index contributed by atoms with van der Waals surface area (Å²) >= 11 is 5.88. The predicted octanol–water partition coefficient (Wildman–Crippen LogP) is 2.75. The minimum Gasteiger partial charge on any atom is -0.445 e. The maximum atomic E-state index is 12.4. The fourth-order valence-corrected chi connectivity index (χ4v) is 2.52. The van der Waals surface area contributed by atoms with Gasteiger partial charge in [0.25, 0.3) is 5.91 Å². The number of nitrogens with one attached hydrogen (secondary N) is 1.